The van der Waals surface area contributed by atoms with E-state index in [2.05, 4.69) is 9.80 Å². The first-order valence-corrected chi connectivity index (χ1v) is 9.55. The summed E-state index contributed by atoms with van der Waals surface area (Å²) in [6.45, 7) is 3.33. The van der Waals surface area contributed by atoms with Gasteiger partial charge in [-0.25, -0.2) is 9.18 Å². The molecule has 0 bridgehead atoms. The fourth-order valence-corrected chi connectivity index (χ4v) is 4.02. The second-order valence-corrected chi connectivity index (χ2v) is 7.47. The largest absolute Gasteiger partial charge is 0.475 e. The number of carboxylic acids is 1. The van der Waals surface area contributed by atoms with Crippen LogP contribution < -0.4 is 4.90 Å². The zero-order valence-corrected chi connectivity index (χ0v) is 16.3. The fourth-order valence-electron chi connectivity index (χ4n) is 3.47. The first-order valence-electron chi connectivity index (χ1n) is 8.79. The average Bonchev–Trinajstić information content (AvgIpc) is 3.12. The number of aromatic carboxylic acids is 1. The SMILES string of the molecule is O=C(O)c1cc2c(Cl)c(N3CCN(Cc4c(F)cccc4Cl)CC3)ccc2o1. The molecule has 8 heteroatoms. The average molecular weight is 423 g/mol. The van der Waals surface area contributed by atoms with Crippen LogP contribution in [0.4, 0.5) is 10.1 Å². The van der Waals surface area contributed by atoms with Crippen LogP contribution in [0.5, 0.6) is 0 Å². The Morgan fingerprint density at radius 3 is 2.57 bits per heavy atom. The molecule has 2 aromatic carbocycles. The van der Waals surface area contributed by atoms with E-state index in [0.717, 1.165) is 18.8 Å². The number of fused-ring (bicyclic) bond motifs is 1. The number of hydrogen-bond donors (Lipinski definition) is 1. The molecular formula is C20H17Cl2FN2O3. The van der Waals surface area contributed by atoms with Gasteiger partial charge >= 0.3 is 5.97 Å². The van der Waals surface area contributed by atoms with Crippen LogP contribution in [0.2, 0.25) is 10.0 Å². The van der Waals surface area contributed by atoms with Crippen molar-refractivity contribution in [2.24, 2.45) is 0 Å². The molecule has 0 spiro atoms. The van der Waals surface area contributed by atoms with E-state index >= 15 is 0 Å². The van der Waals surface area contributed by atoms with Crippen molar-refractivity contribution in [2.45, 2.75) is 6.54 Å². The lowest BCUT2D eigenvalue weighted by Gasteiger charge is -2.36. The zero-order chi connectivity index (χ0) is 19.8. The number of piperazine rings is 1. The standard InChI is InChI=1S/C20H17Cl2FN2O3/c21-14-2-1-3-15(23)13(14)11-24-6-8-25(9-7-24)16-4-5-17-12(19(16)22)10-18(28-17)20(26)27/h1-5,10H,6-9,11H2,(H,26,27). The molecule has 1 aliphatic rings. The van der Waals surface area contributed by atoms with Gasteiger partial charge in [0, 0.05) is 54.8 Å². The molecule has 0 amide bonds. The molecule has 0 unspecified atom stereocenters. The third-order valence-electron chi connectivity index (χ3n) is 4.98. The lowest BCUT2D eigenvalue weighted by Crippen LogP contribution is -2.46. The monoisotopic (exact) mass is 422 g/mol. The number of halogens is 3. The van der Waals surface area contributed by atoms with Crippen LogP contribution in [0.1, 0.15) is 16.1 Å². The second kappa shape index (κ2) is 7.62. The van der Waals surface area contributed by atoms with Crippen molar-refractivity contribution in [1.82, 2.24) is 4.90 Å². The highest BCUT2D eigenvalue weighted by molar-refractivity contribution is 6.38. The Bertz CT molecular complexity index is 1030. The Morgan fingerprint density at radius 2 is 1.89 bits per heavy atom. The third-order valence-corrected chi connectivity index (χ3v) is 5.73. The molecule has 1 fully saturated rings. The molecule has 0 atom stereocenters. The van der Waals surface area contributed by atoms with Gasteiger partial charge in [-0.05, 0) is 24.3 Å². The Labute approximate surface area is 170 Å². The maximum Gasteiger partial charge on any atom is 0.371 e. The summed E-state index contributed by atoms with van der Waals surface area (Å²) in [5.41, 5.74) is 1.78. The number of nitrogens with zero attached hydrogens (tertiary/aromatic N) is 2. The summed E-state index contributed by atoms with van der Waals surface area (Å²) < 4.78 is 19.3. The Hall–Kier alpha value is -2.28. The molecule has 146 valence electrons. The molecule has 0 radical (unpaired) electrons. The van der Waals surface area contributed by atoms with Crippen LogP contribution in [-0.4, -0.2) is 42.2 Å². The number of hydrogen-bond acceptors (Lipinski definition) is 4. The molecule has 2 heterocycles. The van der Waals surface area contributed by atoms with E-state index in [1.807, 2.05) is 6.07 Å². The summed E-state index contributed by atoms with van der Waals surface area (Å²) in [4.78, 5) is 15.4. The van der Waals surface area contributed by atoms with E-state index in [0.29, 0.717) is 46.2 Å². The molecule has 5 nitrogen and oxygen atoms in total. The van der Waals surface area contributed by atoms with Gasteiger partial charge in [-0.2, -0.15) is 0 Å². The first-order chi connectivity index (χ1) is 13.4. The molecule has 4 rings (SSSR count). The molecule has 28 heavy (non-hydrogen) atoms. The summed E-state index contributed by atoms with van der Waals surface area (Å²) in [5, 5.41) is 10.6. The van der Waals surface area contributed by atoms with Crippen LogP contribution in [0, 0.1) is 5.82 Å². The molecule has 1 saturated heterocycles. The first kappa shape index (κ1) is 19.1. The Morgan fingerprint density at radius 1 is 1.14 bits per heavy atom. The van der Waals surface area contributed by atoms with Crippen molar-refractivity contribution >= 4 is 45.8 Å². The smallest absolute Gasteiger partial charge is 0.371 e. The maximum absolute atomic E-state index is 14.0. The van der Waals surface area contributed by atoms with Gasteiger partial charge in [0.05, 0.1) is 10.7 Å². The number of furan rings is 1. The molecular weight excluding hydrogens is 406 g/mol. The minimum atomic E-state index is -1.13. The normalized spacial score (nSPS) is 15.3. The summed E-state index contributed by atoms with van der Waals surface area (Å²) in [7, 11) is 0. The van der Waals surface area contributed by atoms with Crippen LogP contribution in [0.15, 0.2) is 40.8 Å². The Kier molecular flexibility index (Phi) is 5.19. The number of carboxylic acid groups (broad SMARTS) is 1. The van der Waals surface area contributed by atoms with Crippen molar-refractivity contribution in [3.63, 3.8) is 0 Å². The highest BCUT2D eigenvalue weighted by atomic mass is 35.5. The lowest BCUT2D eigenvalue weighted by atomic mass is 10.1. The number of anilines is 1. The summed E-state index contributed by atoms with van der Waals surface area (Å²) in [6.07, 6.45) is 0. The van der Waals surface area contributed by atoms with Crippen molar-refractivity contribution in [3.05, 3.63) is 63.6 Å². The van der Waals surface area contributed by atoms with Gasteiger partial charge < -0.3 is 14.4 Å². The number of carbonyl (C=O) groups is 1. The molecule has 1 N–H and O–H groups in total. The molecule has 0 saturated carbocycles. The minimum Gasteiger partial charge on any atom is -0.475 e. The van der Waals surface area contributed by atoms with Gasteiger partial charge in [-0.15, -0.1) is 0 Å². The Balaban J connectivity index is 1.49. The summed E-state index contributed by atoms with van der Waals surface area (Å²) in [6, 6.07) is 9.73. The highest BCUT2D eigenvalue weighted by Crippen LogP contribution is 2.36. The van der Waals surface area contributed by atoms with Crippen LogP contribution in [-0.2, 0) is 6.54 Å². The van der Waals surface area contributed by atoms with E-state index in [9.17, 15) is 9.18 Å². The number of benzene rings is 2. The molecule has 1 aliphatic heterocycles. The quantitative estimate of drug-likeness (QED) is 0.647. The van der Waals surface area contributed by atoms with Gasteiger partial charge in [0.2, 0.25) is 5.76 Å². The molecule has 1 aromatic heterocycles. The van der Waals surface area contributed by atoms with Crippen LogP contribution in [0.3, 0.4) is 0 Å². The topological polar surface area (TPSA) is 56.9 Å². The highest BCUT2D eigenvalue weighted by Gasteiger charge is 2.23. The van der Waals surface area contributed by atoms with Crippen molar-refractivity contribution in [2.75, 3.05) is 31.1 Å². The van der Waals surface area contributed by atoms with Crippen molar-refractivity contribution in [1.29, 1.82) is 0 Å². The van der Waals surface area contributed by atoms with E-state index in [4.69, 9.17) is 32.7 Å². The van der Waals surface area contributed by atoms with E-state index in [1.54, 1.807) is 18.2 Å². The maximum atomic E-state index is 14.0. The van der Waals surface area contributed by atoms with Crippen LogP contribution >= 0.6 is 23.2 Å². The fraction of sp³-hybridized carbons (Fsp3) is 0.250. The van der Waals surface area contributed by atoms with Crippen LogP contribution in [0.25, 0.3) is 11.0 Å². The molecule has 3 aromatic rings. The van der Waals surface area contributed by atoms with Gasteiger partial charge in [-0.3, -0.25) is 4.90 Å². The van der Waals surface area contributed by atoms with E-state index in [1.165, 1.54) is 12.1 Å². The minimum absolute atomic E-state index is 0.138. The van der Waals surface area contributed by atoms with Gasteiger partial charge in [0.15, 0.2) is 0 Å². The predicted octanol–water partition coefficient (Wildman–Crippen LogP) is 4.90. The van der Waals surface area contributed by atoms with E-state index < -0.39 is 5.97 Å². The molecule has 0 aliphatic carbocycles. The van der Waals surface area contributed by atoms with Gasteiger partial charge in [-0.1, -0.05) is 29.3 Å². The number of rotatable bonds is 4. The van der Waals surface area contributed by atoms with Gasteiger partial charge in [0.25, 0.3) is 0 Å². The summed E-state index contributed by atoms with van der Waals surface area (Å²) >= 11 is 12.7. The van der Waals surface area contributed by atoms with Gasteiger partial charge in [0.1, 0.15) is 11.4 Å². The van der Waals surface area contributed by atoms with Crippen molar-refractivity contribution < 1.29 is 18.7 Å². The second-order valence-electron chi connectivity index (χ2n) is 6.69. The van der Waals surface area contributed by atoms with Crippen molar-refractivity contribution in [3.8, 4) is 0 Å². The summed E-state index contributed by atoms with van der Waals surface area (Å²) in [5.74, 6) is -1.56. The van der Waals surface area contributed by atoms with E-state index in [-0.39, 0.29) is 11.6 Å². The predicted molar refractivity (Wildman–Crippen MR) is 107 cm³/mol. The lowest BCUT2D eigenvalue weighted by molar-refractivity contribution is 0.0665. The third kappa shape index (κ3) is 3.55. The zero-order valence-electron chi connectivity index (χ0n) is 14.8.